The van der Waals surface area contributed by atoms with Gasteiger partial charge in [0.1, 0.15) is 5.82 Å². The Hall–Kier alpha value is -2.41. The molecule has 1 aliphatic rings. The van der Waals surface area contributed by atoms with E-state index >= 15 is 0 Å². The van der Waals surface area contributed by atoms with E-state index in [1.54, 1.807) is 30.3 Å². The Morgan fingerprint density at radius 1 is 1.19 bits per heavy atom. The zero-order chi connectivity index (χ0) is 18.7. The number of hydrogen-bond acceptors (Lipinski definition) is 3. The van der Waals surface area contributed by atoms with E-state index in [0.29, 0.717) is 30.8 Å². The highest BCUT2D eigenvalue weighted by atomic mass is 32.2. The van der Waals surface area contributed by atoms with Crippen LogP contribution in [0.3, 0.4) is 0 Å². The van der Waals surface area contributed by atoms with Crippen molar-refractivity contribution < 1.29 is 17.6 Å². The molecular weight excluding hydrogens is 355 g/mol. The van der Waals surface area contributed by atoms with Crippen LogP contribution in [0.2, 0.25) is 0 Å². The van der Waals surface area contributed by atoms with Gasteiger partial charge in [0.25, 0.3) is 0 Å². The van der Waals surface area contributed by atoms with Gasteiger partial charge in [0.2, 0.25) is 15.9 Å². The number of hydrogen-bond donors (Lipinski definition) is 1. The topological polar surface area (TPSA) is 66.5 Å². The normalized spacial score (nSPS) is 15.8. The van der Waals surface area contributed by atoms with Crippen molar-refractivity contribution in [2.24, 2.45) is 0 Å². The Labute approximate surface area is 152 Å². The summed E-state index contributed by atoms with van der Waals surface area (Å²) < 4.78 is 38.6. The van der Waals surface area contributed by atoms with Gasteiger partial charge in [0.05, 0.1) is 11.4 Å². The van der Waals surface area contributed by atoms with Gasteiger partial charge >= 0.3 is 0 Å². The van der Waals surface area contributed by atoms with Crippen molar-refractivity contribution in [2.75, 3.05) is 21.9 Å². The Bertz CT molecular complexity index is 911. The highest BCUT2D eigenvalue weighted by Gasteiger charge is 2.29. The number of anilines is 2. The molecule has 0 unspecified atom stereocenters. The lowest BCUT2D eigenvalue weighted by Gasteiger charge is -2.20. The third kappa shape index (κ3) is 4.22. The average Bonchev–Trinajstić information content (AvgIpc) is 2.95. The van der Waals surface area contributed by atoms with E-state index in [9.17, 15) is 17.6 Å². The SMILES string of the molecule is Cc1ccc(NC(=O)CCc2ccc(F)cc2)cc1N1CCCS1(=O)=O. The van der Waals surface area contributed by atoms with E-state index in [2.05, 4.69) is 5.32 Å². The molecule has 1 heterocycles. The van der Waals surface area contributed by atoms with E-state index in [4.69, 9.17) is 0 Å². The summed E-state index contributed by atoms with van der Waals surface area (Å²) in [4.78, 5) is 12.2. The van der Waals surface area contributed by atoms with Crippen LogP contribution in [-0.4, -0.2) is 26.6 Å². The summed E-state index contributed by atoms with van der Waals surface area (Å²) in [7, 11) is -3.27. The van der Waals surface area contributed by atoms with Crippen LogP contribution >= 0.6 is 0 Å². The van der Waals surface area contributed by atoms with Gasteiger partial charge in [-0.05, 0) is 55.2 Å². The lowest BCUT2D eigenvalue weighted by atomic mass is 10.1. The maximum atomic E-state index is 12.9. The monoisotopic (exact) mass is 376 g/mol. The molecule has 0 aromatic heterocycles. The molecule has 0 atom stereocenters. The number of amides is 1. The number of sulfonamides is 1. The van der Waals surface area contributed by atoms with Gasteiger partial charge in [0, 0.05) is 18.7 Å². The van der Waals surface area contributed by atoms with E-state index < -0.39 is 10.0 Å². The Balaban J connectivity index is 1.67. The minimum absolute atomic E-state index is 0.153. The van der Waals surface area contributed by atoms with Gasteiger partial charge in [-0.3, -0.25) is 9.10 Å². The van der Waals surface area contributed by atoms with E-state index in [1.807, 2.05) is 6.92 Å². The molecule has 1 saturated heterocycles. The molecular formula is C19H21FN2O3S. The Morgan fingerprint density at radius 2 is 1.92 bits per heavy atom. The number of benzene rings is 2. The number of halogens is 1. The molecule has 0 aliphatic carbocycles. The second kappa shape index (κ2) is 7.45. The summed E-state index contributed by atoms with van der Waals surface area (Å²) in [6, 6.07) is 11.3. The number of nitrogens with one attached hydrogen (secondary N) is 1. The highest BCUT2D eigenvalue weighted by molar-refractivity contribution is 7.93. The Morgan fingerprint density at radius 3 is 2.58 bits per heavy atom. The Kier molecular flexibility index (Phi) is 5.27. The predicted octanol–water partition coefficient (Wildman–Crippen LogP) is 3.25. The van der Waals surface area contributed by atoms with Crippen molar-refractivity contribution in [1.29, 1.82) is 0 Å². The van der Waals surface area contributed by atoms with Crippen LogP contribution in [0.15, 0.2) is 42.5 Å². The molecule has 26 heavy (non-hydrogen) atoms. The van der Waals surface area contributed by atoms with Crippen molar-refractivity contribution in [3.63, 3.8) is 0 Å². The molecule has 0 radical (unpaired) electrons. The number of carbonyl (C=O) groups excluding carboxylic acids is 1. The minimum Gasteiger partial charge on any atom is -0.326 e. The zero-order valence-corrected chi connectivity index (χ0v) is 15.4. The third-order valence-electron chi connectivity index (χ3n) is 4.41. The summed E-state index contributed by atoms with van der Waals surface area (Å²) >= 11 is 0. The first-order valence-electron chi connectivity index (χ1n) is 8.50. The molecule has 1 N–H and O–H groups in total. The molecule has 138 valence electrons. The summed E-state index contributed by atoms with van der Waals surface area (Å²) in [5.41, 5.74) is 2.91. The fraction of sp³-hybridized carbons (Fsp3) is 0.316. The second-order valence-corrected chi connectivity index (χ2v) is 8.43. The third-order valence-corrected chi connectivity index (χ3v) is 6.27. The van der Waals surface area contributed by atoms with Crippen LogP contribution in [0, 0.1) is 12.7 Å². The summed E-state index contributed by atoms with van der Waals surface area (Å²) in [5, 5.41) is 2.81. The van der Waals surface area contributed by atoms with Gasteiger partial charge in [-0.15, -0.1) is 0 Å². The van der Waals surface area contributed by atoms with Gasteiger partial charge in [-0.1, -0.05) is 18.2 Å². The summed E-state index contributed by atoms with van der Waals surface area (Å²) in [6.07, 6.45) is 1.37. The molecule has 1 amide bonds. The minimum atomic E-state index is -3.27. The summed E-state index contributed by atoms with van der Waals surface area (Å²) in [6.45, 7) is 2.31. The number of rotatable bonds is 5. The molecule has 3 rings (SSSR count). The maximum absolute atomic E-state index is 12.9. The quantitative estimate of drug-likeness (QED) is 0.871. The van der Waals surface area contributed by atoms with Crippen molar-refractivity contribution in [3.05, 3.63) is 59.4 Å². The van der Waals surface area contributed by atoms with Crippen LogP contribution in [0.5, 0.6) is 0 Å². The lowest BCUT2D eigenvalue weighted by molar-refractivity contribution is -0.116. The number of aryl methyl sites for hydroxylation is 2. The van der Waals surface area contributed by atoms with Gasteiger partial charge in [0.15, 0.2) is 0 Å². The van der Waals surface area contributed by atoms with E-state index in [0.717, 1.165) is 11.1 Å². The van der Waals surface area contributed by atoms with E-state index in [1.165, 1.54) is 16.4 Å². The zero-order valence-electron chi connectivity index (χ0n) is 14.5. The van der Waals surface area contributed by atoms with Gasteiger partial charge in [-0.25, -0.2) is 12.8 Å². The average molecular weight is 376 g/mol. The van der Waals surface area contributed by atoms with Crippen LogP contribution in [0.1, 0.15) is 24.0 Å². The smallest absolute Gasteiger partial charge is 0.235 e. The van der Waals surface area contributed by atoms with E-state index in [-0.39, 0.29) is 23.9 Å². The molecule has 5 nitrogen and oxygen atoms in total. The van der Waals surface area contributed by atoms with Crippen LogP contribution < -0.4 is 9.62 Å². The molecule has 2 aromatic rings. The van der Waals surface area contributed by atoms with Crippen molar-refractivity contribution in [3.8, 4) is 0 Å². The first-order chi connectivity index (χ1) is 12.3. The molecule has 1 aliphatic heterocycles. The number of carbonyl (C=O) groups is 1. The van der Waals surface area contributed by atoms with Crippen LogP contribution in [0.25, 0.3) is 0 Å². The second-order valence-electron chi connectivity index (χ2n) is 6.42. The largest absolute Gasteiger partial charge is 0.326 e. The fourth-order valence-corrected chi connectivity index (χ4v) is 4.62. The molecule has 1 fully saturated rings. The van der Waals surface area contributed by atoms with Crippen molar-refractivity contribution in [2.45, 2.75) is 26.2 Å². The highest BCUT2D eigenvalue weighted by Crippen LogP contribution is 2.30. The molecule has 2 aromatic carbocycles. The number of nitrogens with zero attached hydrogens (tertiary/aromatic N) is 1. The standard InChI is InChI=1S/C19H21FN2O3S/c1-14-3-9-17(13-18(14)22-11-2-12-26(22,24)25)21-19(23)10-6-15-4-7-16(20)8-5-15/h3-5,7-9,13H,2,6,10-12H2,1H3,(H,21,23). The van der Waals surface area contributed by atoms with Crippen LogP contribution in [0.4, 0.5) is 15.8 Å². The molecule has 7 heteroatoms. The first kappa shape index (κ1) is 18.4. The molecule has 0 bridgehead atoms. The molecule has 0 spiro atoms. The van der Waals surface area contributed by atoms with Gasteiger partial charge < -0.3 is 5.32 Å². The predicted molar refractivity (Wildman–Crippen MR) is 100 cm³/mol. The lowest BCUT2D eigenvalue weighted by Crippen LogP contribution is -2.26. The maximum Gasteiger partial charge on any atom is 0.235 e. The van der Waals surface area contributed by atoms with Crippen LogP contribution in [-0.2, 0) is 21.2 Å². The first-order valence-corrected chi connectivity index (χ1v) is 10.1. The molecule has 0 saturated carbocycles. The summed E-state index contributed by atoms with van der Waals surface area (Å²) in [5.74, 6) is -0.323. The van der Waals surface area contributed by atoms with Crippen molar-refractivity contribution in [1.82, 2.24) is 0 Å². The van der Waals surface area contributed by atoms with Crippen molar-refractivity contribution >= 4 is 27.3 Å². The fourth-order valence-electron chi connectivity index (χ4n) is 3.00. The van der Waals surface area contributed by atoms with Gasteiger partial charge in [-0.2, -0.15) is 0 Å².